The quantitative estimate of drug-likeness (QED) is 0.630. The number of furan rings is 1. The molecule has 28 heavy (non-hydrogen) atoms. The minimum Gasteiger partial charge on any atom is -0.465 e. The highest BCUT2D eigenvalue weighted by atomic mass is 19.1. The smallest absolute Gasteiger partial charge is 0.341 e. The van der Waals surface area contributed by atoms with Crippen LogP contribution in [0.4, 0.5) is 4.39 Å². The second-order valence-corrected chi connectivity index (χ2v) is 6.34. The first kappa shape index (κ1) is 19.3. The summed E-state index contributed by atoms with van der Waals surface area (Å²) in [6.45, 7) is 3.51. The largest absolute Gasteiger partial charge is 0.465 e. The van der Waals surface area contributed by atoms with Crippen molar-refractivity contribution in [1.29, 1.82) is 0 Å². The van der Waals surface area contributed by atoms with E-state index >= 15 is 0 Å². The zero-order chi connectivity index (χ0) is 20.4. The van der Waals surface area contributed by atoms with Gasteiger partial charge in [-0.2, -0.15) is 5.10 Å². The van der Waals surface area contributed by atoms with E-state index in [9.17, 15) is 14.0 Å². The van der Waals surface area contributed by atoms with E-state index in [-0.39, 0.29) is 18.1 Å². The lowest BCUT2D eigenvalue weighted by molar-refractivity contribution is 0.0598. The zero-order valence-electron chi connectivity index (χ0n) is 16.0. The first-order valence-corrected chi connectivity index (χ1v) is 8.56. The van der Waals surface area contributed by atoms with Gasteiger partial charge < -0.3 is 14.1 Å². The third kappa shape index (κ3) is 3.53. The third-order valence-electron chi connectivity index (χ3n) is 4.43. The van der Waals surface area contributed by atoms with Crippen molar-refractivity contribution in [3.8, 4) is 5.69 Å². The van der Waals surface area contributed by atoms with Crippen LogP contribution < -0.4 is 0 Å². The molecule has 3 aromatic rings. The van der Waals surface area contributed by atoms with E-state index in [1.165, 1.54) is 29.0 Å². The second kappa shape index (κ2) is 7.67. The number of carbonyl (C=O) groups excluding carboxylic acids is 2. The maximum absolute atomic E-state index is 14.0. The molecule has 2 heterocycles. The summed E-state index contributed by atoms with van der Waals surface area (Å²) in [5, 5.41) is 4.15. The molecule has 3 rings (SSSR count). The molecule has 0 saturated carbocycles. The Morgan fingerprint density at radius 2 is 1.96 bits per heavy atom. The van der Waals surface area contributed by atoms with Gasteiger partial charge in [-0.05, 0) is 32.0 Å². The Bertz CT molecular complexity index is 1040. The molecule has 2 aromatic heterocycles. The summed E-state index contributed by atoms with van der Waals surface area (Å²) in [7, 11) is 2.90. The molecule has 0 aliphatic carbocycles. The molecule has 1 aromatic carbocycles. The monoisotopic (exact) mass is 385 g/mol. The minimum atomic E-state index is -0.497. The Balaban J connectivity index is 1.81. The van der Waals surface area contributed by atoms with Gasteiger partial charge in [0.05, 0.1) is 31.1 Å². The molecule has 1 amide bonds. The molecule has 0 aliphatic rings. The van der Waals surface area contributed by atoms with Crippen LogP contribution in [-0.2, 0) is 11.3 Å². The molecule has 0 unspecified atom stereocenters. The van der Waals surface area contributed by atoms with E-state index in [1.54, 1.807) is 45.2 Å². The van der Waals surface area contributed by atoms with E-state index in [0.29, 0.717) is 28.3 Å². The zero-order valence-corrected chi connectivity index (χ0v) is 16.0. The predicted octanol–water partition coefficient (Wildman–Crippen LogP) is 3.28. The van der Waals surface area contributed by atoms with Crippen molar-refractivity contribution in [3.05, 3.63) is 70.7 Å². The topological polar surface area (TPSA) is 77.6 Å². The molecule has 0 atom stereocenters. The number of aromatic nitrogens is 2. The number of carbonyl (C=O) groups is 2. The number of ether oxygens (including phenoxy) is 1. The van der Waals surface area contributed by atoms with Gasteiger partial charge in [-0.25, -0.2) is 13.9 Å². The predicted molar refractivity (Wildman–Crippen MR) is 98.8 cm³/mol. The lowest BCUT2D eigenvalue weighted by atomic mass is 10.2. The normalized spacial score (nSPS) is 10.8. The summed E-state index contributed by atoms with van der Waals surface area (Å²) in [5.74, 6) is -0.348. The van der Waals surface area contributed by atoms with Crippen molar-refractivity contribution in [2.75, 3.05) is 14.2 Å². The van der Waals surface area contributed by atoms with Gasteiger partial charge >= 0.3 is 5.97 Å². The van der Waals surface area contributed by atoms with Crippen LogP contribution in [0.3, 0.4) is 0 Å². The van der Waals surface area contributed by atoms with Crippen LogP contribution in [0.1, 0.15) is 37.9 Å². The van der Waals surface area contributed by atoms with Gasteiger partial charge in [0, 0.05) is 7.05 Å². The first-order chi connectivity index (χ1) is 13.3. The number of esters is 1. The van der Waals surface area contributed by atoms with E-state index < -0.39 is 11.8 Å². The Labute approximate surface area is 161 Å². The number of nitrogens with zero attached hydrogens (tertiary/aromatic N) is 3. The maximum Gasteiger partial charge on any atom is 0.341 e. The highest BCUT2D eigenvalue weighted by molar-refractivity contribution is 5.95. The molecule has 0 radical (unpaired) electrons. The Kier molecular flexibility index (Phi) is 5.30. The minimum absolute atomic E-state index is 0.154. The summed E-state index contributed by atoms with van der Waals surface area (Å²) in [5.41, 5.74) is 1.46. The molecule has 0 bridgehead atoms. The molecule has 0 aliphatic heterocycles. The van der Waals surface area contributed by atoms with Crippen molar-refractivity contribution >= 4 is 11.9 Å². The number of hydrogen-bond acceptors (Lipinski definition) is 5. The molecule has 0 spiro atoms. The van der Waals surface area contributed by atoms with Crippen molar-refractivity contribution < 1.29 is 23.1 Å². The number of hydrogen-bond donors (Lipinski definition) is 0. The number of benzene rings is 1. The Morgan fingerprint density at radius 3 is 2.64 bits per heavy atom. The third-order valence-corrected chi connectivity index (χ3v) is 4.43. The van der Waals surface area contributed by atoms with Gasteiger partial charge in [0.25, 0.3) is 5.91 Å². The van der Waals surface area contributed by atoms with Crippen LogP contribution in [0.25, 0.3) is 5.69 Å². The molecular formula is C20H20FN3O4. The Hall–Kier alpha value is -3.42. The highest BCUT2D eigenvalue weighted by Crippen LogP contribution is 2.20. The number of halogens is 1. The van der Waals surface area contributed by atoms with Gasteiger partial charge in [-0.1, -0.05) is 12.1 Å². The van der Waals surface area contributed by atoms with E-state index in [0.717, 1.165) is 0 Å². The summed E-state index contributed by atoms with van der Waals surface area (Å²) in [4.78, 5) is 26.0. The number of aryl methyl sites for hydroxylation is 1. The van der Waals surface area contributed by atoms with Crippen LogP contribution in [0.15, 0.2) is 40.9 Å². The van der Waals surface area contributed by atoms with Gasteiger partial charge in [-0.15, -0.1) is 0 Å². The summed E-state index contributed by atoms with van der Waals surface area (Å²) in [6, 6.07) is 7.77. The van der Waals surface area contributed by atoms with E-state index in [1.807, 2.05) is 0 Å². The number of methoxy groups -OCH3 is 1. The second-order valence-electron chi connectivity index (χ2n) is 6.34. The van der Waals surface area contributed by atoms with Crippen LogP contribution >= 0.6 is 0 Å². The van der Waals surface area contributed by atoms with Gasteiger partial charge in [0.1, 0.15) is 28.6 Å². The fraction of sp³-hybridized carbons (Fsp3) is 0.250. The molecular weight excluding hydrogens is 365 g/mol. The van der Waals surface area contributed by atoms with Gasteiger partial charge in [-0.3, -0.25) is 4.79 Å². The average molecular weight is 385 g/mol. The SMILES string of the molecule is COC(=O)c1cc(CN(C)C(=O)c2cnn(-c3ccccc3F)c2C)oc1C. The molecule has 7 nitrogen and oxygen atoms in total. The summed E-state index contributed by atoms with van der Waals surface area (Å²) >= 11 is 0. The van der Waals surface area contributed by atoms with Crippen molar-refractivity contribution in [2.24, 2.45) is 0 Å². The number of rotatable bonds is 5. The summed E-state index contributed by atoms with van der Waals surface area (Å²) in [6.07, 6.45) is 1.41. The van der Waals surface area contributed by atoms with Crippen molar-refractivity contribution in [3.63, 3.8) is 0 Å². The van der Waals surface area contributed by atoms with E-state index in [2.05, 4.69) is 5.10 Å². The molecule has 8 heteroatoms. The fourth-order valence-electron chi connectivity index (χ4n) is 2.93. The standard InChI is InChI=1S/C20H20FN3O4/c1-12-16(10-22-24(12)18-8-6-5-7-17(18)21)19(25)23(3)11-14-9-15(13(2)28-14)20(26)27-4/h5-10H,11H2,1-4H3. The van der Waals surface area contributed by atoms with Crippen LogP contribution in [0, 0.1) is 19.7 Å². The van der Waals surface area contributed by atoms with Crippen LogP contribution in [0.5, 0.6) is 0 Å². The van der Waals surface area contributed by atoms with Gasteiger partial charge in [0.15, 0.2) is 0 Å². The lowest BCUT2D eigenvalue weighted by Crippen LogP contribution is -2.26. The van der Waals surface area contributed by atoms with Gasteiger partial charge in [0.2, 0.25) is 0 Å². The van der Waals surface area contributed by atoms with Crippen molar-refractivity contribution in [1.82, 2.24) is 14.7 Å². The maximum atomic E-state index is 14.0. The van der Waals surface area contributed by atoms with Crippen molar-refractivity contribution in [2.45, 2.75) is 20.4 Å². The highest BCUT2D eigenvalue weighted by Gasteiger charge is 2.22. The molecule has 0 N–H and O–H groups in total. The lowest BCUT2D eigenvalue weighted by Gasteiger charge is -2.15. The first-order valence-electron chi connectivity index (χ1n) is 8.56. The van der Waals surface area contributed by atoms with Crippen LogP contribution in [0.2, 0.25) is 0 Å². The van der Waals surface area contributed by atoms with Crippen LogP contribution in [-0.4, -0.2) is 40.7 Å². The molecule has 0 fully saturated rings. The summed E-state index contributed by atoms with van der Waals surface area (Å²) < 4.78 is 25.7. The molecule has 146 valence electrons. The Morgan fingerprint density at radius 1 is 1.25 bits per heavy atom. The molecule has 0 saturated heterocycles. The van der Waals surface area contributed by atoms with E-state index in [4.69, 9.17) is 9.15 Å². The average Bonchev–Trinajstić information content (AvgIpc) is 3.23. The number of amides is 1. The fourth-order valence-corrected chi connectivity index (χ4v) is 2.93. The number of para-hydroxylation sites is 1.